The maximum Gasteiger partial charge on any atom is 0.307 e. The van der Waals surface area contributed by atoms with Crippen molar-refractivity contribution in [2.24, 2.45) is 11.8 Å². The highest BCUT2D eigenvalue weighted by Crippen LogP contribution is 2.39. The summed E-state index contributed by atoms with van der Waals surface area (Å²) in [6.07, 6.45) is 7.54. The van der Waals surface area contributed by atoms with Crippen molar-refractivity contribution < 1.29 is 19.1 Å². The number of hydrogen-bond acceptors (Lipinski definition) is 4. The predicted octanol–water partition coefficient (Wildman–Crippen LogP) is 4.97. The Kier molecular flexibility index (Phi) is 5.32. The molecule has 168 valence electrons. The van der Waals surface area contributed by atoms with Crippen LogP contribution in [0.25, 0.3) is 16.6 Å². The Balaban J connectivity index is 1.50. The van der Waals surface area contributed by atoms with Crippen molar-refractivity contribution in [3.8, 4) is 0 Å². The summed E-state index contributed by atoms with van der Waals surface area (Å²) in [7, 11) is 0. The van der Waals surface area contributed by atoms with Gasteiger partial charge in [0.1, 0.15) is 11.4 Å². The van der Waals surface area contributed by atoms with E-state index in [-0.39, 0.29) is 11.6 Å². The molecule has 2 aliphatic carbocycles. The summed E-state index contributed by atoms with van der Waals surface area (Å²) < 4.78 is 13.7. The number of anilines is 1. The van der Waals surface area contributed by atoms with Crippen molar-refractivity contribution >= 4 is 34.3 Å². The number of nitrogens with zero attached hydrogens (tertiary/aromatic N) is 1. The van der Waals surface area contributed by atoms with Crippen LogP contribution in [-0.2, 0) is 9.59 Å². The summed E-state index contributed by atoms with van der Waals surface area (Å²) in [5.41, 5.74) is 1.99. The molecule has 3 N–H and O–H groups in total. The summed E-state index contributed by atoms with van der Waals surface area (Å²) in [6, 6.07) is 13.9. The second kappa shape index (κ2) is 8.31. The largest absolute Gasteiger partial charge is 0.481 e. The Morgan fingerprint density at radius 2 is 1.94 bits per heavy atom. The van der Waals surface area contributed by atoms with Crippen LogP contribution in [0.4, 0.5) is 10.3 Å². The normalized spacial score (nSPS) is 24.6. The van der Waals surface area contributed by atoms with Crippen molar-refractivity contribution in [2.75, 3.05) is 5.32 Å². The van der Waals surface area contributed by atoms with E-state index in [1.165, 1.54) is 12.1 Å². The Hall–Kier alpha value is -3.74. The smallest absolute Gasteiger partial charge is 0.307 e. The summed E-state index contributed by atoms with van der Waals surface area (Å²) in [4.78, 5) is 33.4. The lowest BCUT2D eigenvalue weighted by molar-refractivity contribution is -0.146. The van der Waals surface area contributed by atoms with E-state index >= 15 is 0 Å². The zero-order chi connectivity index (χ0) is 23.0. The van der Waals surface area contributed by atoms with Crippen LogP contribution < -0.4 is 5.32 Å². The minimum absolute atomic E-state index is 0.154. The SMILES string of the molecule is O=C(O)[C@@H]1CCC[C@H]1C(=O)C1(Nc2nc3ccccc3[nH]2)C=CC(c2cccc(F)c2)=CC1. The average Bonchev–Trinajstić information content (AvgIpc) is 3.46. The number of imidazole rings is 1. The molecule has 0 amide bonds. The number of nitrogens with one attached hydrogen (secondary N) is 2. The number of halogens is 1. The predicted molar refractivity (Wildman–Crippen MR) is 124 cm³/mol. The van der Waals surface area contributed by atoms with Gasteiger partial charge in [-0.2, -0.15) is 0 Å². The van der Waals surface area contributed by atoms with Crippen molar-refractivity contribution in [2.45, 2.75) is 31.2 Å². The third kappa shape index (κ3) is 3.95. The van der Waals surface area contributed by atoms with Crippen LogP contribution in [0.2, 0.25) is 0 Å². The standard InChI is InChI=1S/C26H24FN3O3/c27-18-6-3-5-17(15-18)16-11-13-26(14-12-16,23(31)19-7-4-8-20(19)24(32)33)30-25-28-21-9-1-2-10-22(21)29-25/h1-3,5-6,9-13,15,19-20H,4,7-8,14H2,(H,32,33)(H2,28,29,30)/t19-,20-,26?/m1/s1. The van der Waals surface area contributed by atoms with Gasteiger partial charge in [-0.05, 0) is 48.2 Å². The van der Waals surface area contributed by atoms with Gasteiger partial charge in [0.15, 0.2) is 5.78 Å². The molecular formula is C26H24FN3O3. The molecule has 3 aromatic rings. The minimum atomic E-state index is -1.15. The number of rotatable bonds is 6. The van der Waals surface area contributed by atoms with Crippen LogP contribution in [0.3, 0.4) is 0 Å². The topological polar surface area (TPSA) is 95.1 Å². The number of aromatic amines is 1. The fraction of sp³-hybridized carbons (Fsp3) is 0.269. The van der Waals surface area contributed by atoms with Gasteiger partial charge in [0.05, 0.1) is 17.0 Å². The molecule has 1 saturated carbocycles. The molecule has 6 nitrogen and oxygen atoms in total. The molecule has 33 heavy (non-hydrogen) atoms. The van der Waals surface area contributed by atoms with Gasteiger partial charge in [-0.15, -0.1) is 0 Å². The number of ketones is 1. The van der Waals surface area contributed by atoms with Gasteiger partial charge in [0, 0.05) is 12.3 Å². The monoisotopic (exact) mass is 445 g/mol. The van der Waals surface area contributed by atoms with Gasteiger partial charge in [0.25, 0.3) is 0 Å². The molecule has 1 fully saturated rings. The second-order valence-electron chi connectivity index (χ2n) is 8.75. The first kappa shape index (κ1) is 21.1. The van der Waals surface area contributed by atoms with Gasteiger partial charge >= 0.3 is 5.97 Å². The molecule has 1 heterocycles. The lowest BCUT2D eigenvalue weighted by Crippen LogP contribution is -2.50. The highest BCUT2D eigenvalue weighted by atomic mass is 19.1. The van der Waals surface area contributed by atoms with Gasteiger partial charge in [-0.3, -0.25) is 9.59 Å². The number of benzene rings is 2. The van der Waals surface area contributed by atoms with Gasteiger partial charge in [-0.25, -0.2) is 9.37 Å². The van der Waals surface area contributed by atoms with Crippen LogP contribution in [0.1, 0.15) is 31.2 Å². The maximum absolute atomic E-state index is 13.8. The van der Waals surface area contributed by atoms with Crippen LogP contribution in [-0.4, -0.2) is 32.4 Å². The Labute approximate surface area is 190 Å². The third-order valence-corrected chi connectivity index (χ3v) is 6.69. The van der Waals surface area contributed by atoms with Gasteiger partial charge in [0.2, 0.25) is 5.95 Å². The first-order valence-electron chi connectivity index (χ1n) is 11.1. The van der Waals surface area contributed by atoms with Crippen LogP contribution in [0.5, 0.6) is 0 Å². The second-order valence-corrected chi connectivity index (χ2v) is 8.75. The number of hydrogen-bond donors (Lipinski definition) is 3. The quantitative estimate of drug-likeness (QED) is 0.498. The van der Waals surface area contributed by atoms with E-state index in [1.54, 1.807) is 18.2 Å². The number of aliphatic carboxylic acids is 1. The number of carbonyl (C=O) groups is 2. The summed E-state index contributed by atoms with van der Waals surface area (Å²) in [5, 5.41) is 12.9. The number of aromatic nitrogens is 2. The Morgan fingerprint density at radius 3 is 2.67 bits per heavy atom. The van der Waals surface area contributed by atoms with Crippen molar-refractivity contribution in [3.63, 3.8) is 0 Å². The molecule has 0 saturated heterocycles. The molecule has 2 aliphatic rings. The lowest BCUT2D eigenvalue weighted by atomic mass is 9.76. The fourth-order valence-electron chi connectivity index (χ4n) is 4.98. The van der Waals surface area contributed by atoms with E-state index in [9.17, 15) is 19.1 Å². The fourth-order valence-corrected chi connectivity index (χ4v) is 4.98. The molecule has 0 spiro atoms. The summed E-state index contributed by atoms with van der Waals surface area (Å²) in [5.74, 6) is -2.23. The zero-order valence-corrected chi connectivity index (χ0v) is 17.9. The lowest BCUT2D eigenvalue weighted by Gasteiger charge is -2.35. The first-order valence-corrected chi connectivity index (χ1v) is 11.1. The number of carbonyl (C=O) groups excluding carboxylic acids is 1. The zero-order valence-electron chi connectivity index (χ0n) is 17.9. The first-order chi connectivity index (χ1) is 15.9. The molecule has 1 unspecified atom stereocenters. The van der Waals surface area contributed by atoms with Crippen LogP contribution >= 0.6 is 0 Å². The number of para-hydroxylation sites is 2. The van der Waals surface area contributed by atoms with Crippen LogP contribution in [0.15, 0.2) is 66.8 Å². The van der Waals surface area contributed by atoms with Gasteiger partial charge in [-0.1, -0.05) is 48.9 Å². The molecule has 0 radical (unpaired) electrons. The van der Waals surface area contributed by atoms with E-state index in [4.69, 9.17) is 0 Å². The Morgan fingerprint density at radius 1 is 1.12 bits per heavy atom. The number of fused-ring (bicyclic) bond motifs is 1. The minimum Gasteiger partial charge on any atom is -0.481 e. The molecule has 7 heteroatoms. The van der Waals surface area contributed by atoms with E-state index in [1.807, 2.05) is 36.4 Å². The van der Waals surface area contributed by atoms with Gasteiger partial charge < -0.3 is 15.4 Å². The number of allylic oxidation sites excluding steroid dienone is 2. The number of H-pyrrole nitrogens is 1. The maximum atomic E-state index is 13.8. The summed E-state index contributed by atoms with van der Waals surface area (Å²) >= 11 is 0. The van der Waals surface area contributed by atoms with E-state index in [0.29, 0.717) is 31.6 Å². The molecule has 0 aliphatic heterocycles. The number of Topliss-reactive ketones (excluding diaryl/α,β-unsaturated/α-hetero) is 1. The van der Waals surface area contributed by atoms with Crippen molar-refractivity contribution in [1.82, 2.24) is 9.97 Å². The average molecular weight is 445 g/mol. The molecule has 3 atom stereocenters. The molecule has 5 rings (SSSR count). The van der Waals surface area contributed by atoms with Crippen LogP contribution in [0, 0.1) is 17.7 Å². The van der Waals surface area contributed by atoms with E-state index in [2.05, 4.69) is 15.3 Å². The third-order valence-electron chi connectivity index (χ3n) is 6.69. The van der Waals surface area contributed by atoms with E-state index < -0.39 is 23.3 Å². The molecule has 0 bridgehead atoms. The highest BCUT2D eigenvalue weighted by Gasteiger charge is 2.47. The molecule has 2 aromatic carbocycles. The Bertz CT molecular complexity index is 1260. The number of carboxylic acid groups (broad SMARTS) is 1. The van der Waals surface area contributed by atoms with E-state index in [0.717, 1.165) is 22.2 Å². The molecular weight excluding hydrogens is 421 g/mol. The summed E-state index contributed by atoms with van der Waals surface area (Å²) in [6.45, 7) is 0. The van der Waals surface area contributed by atoms with Crippen molar-refractivity contribution in [3.05, 3.63) is 78.1 Å². The number of carboxylic acids is 1. The molecule has 1 aromatic heterocycles. The highest BCUT2D eigenvalue weighted by molar-refractivity contribution is 5.99. The van der Waals surface area contributed by atoms with Crippen molar-refractivity contribution in [1.29, 1.82) is 0 Å².